The molecule has 1 aliphatic rings. The molecular weight excluding hydrogens is 402 g/mol. The van der Waals surface area contributed by atoms with E-state index in [1.54, 1.807) is 0 Å². The van der Waals surface area contributed by atoms with Crippen LogP contribution in [0, 0.1) is 0 Å². The van der Waals surface area contributed by atoms with Crippen LogP contribution in [0.2, 0.25) is 0 Å². The summed E-state index contributed by atoms with van der Waals surface area (Å²) in [6.07, 6.45) is 1.76. The lowest BCUT2D eigenvalue weighted by atomic mass is 9.89. The van der Waals surface area contributed by atoms with Gasteiger partial charge in [0.25, 0.3) is 0 Å². The SMILES string of the molecule is O=C([O-])COc1cccc2c1CCN2CCOCCC(c1ccccc1)c1ccccc1. The molecule has 5 nitrogen and oxygen atoms in total. The molecule has 5 heteroatoms. The number of carbonyl (C=O) groups is 1. The molecule has 0 unspecified atom stereocenters. The molecule has 4 rings (SSSR count). The molecule has 0 radical (unpaired) electrons. The lowest BCUT2D eigenvalue weighted by Crippen LogP contribution is -2.29. The molecule has 0 N–H and O–H groups in total. The number of nitrogens with zero attached hydrogens (tertiary/aromatic N) is 1. The zero-order chi connectivity index (χ0) is 22.2. The van der Waals surface area contributed by atoms with Crippen molar-refractivity contribution in [3.8, 4) is 5.75 Å². The van der Waals surface area contributed by atoms with Gasteiger partial charge in [0.2, 0.25) is 0 Å². The lowest BCUT2D eigenvalue weighted by molar-refractivity contribution is -0.307. The molecule has 0 fully saturated rings. The first kappa shape index (κ1) is 21.9. The van der Waals surface area contributed by atoms with Crippen LogP contribution in [-0.2, 0) is 16.0 Å². The molecule has 3 aromatic rings. The highest BCUT2D eigenvalue weighted by atomic mass is 16.5. The minimum Gasteiger partial charge on any atom is -0.546 e. The van der Waals surface area contributed by atoms with Crippen LogP contribution in [0.1, 0.15) is 29.0 Å². The number of ether oxygens (including phenoxy) is 2. The molecular formula is C27H28NO4-. The number of carboxylic acids is 1. The zero-order valence-electron chi connectivity index (χ0n) is 18.1. The molecule has 0 saturated carbocycles. The molecule has 32 heavy (non-hydrogen) atoms. The fraction of sp³-hybridized carbons (Fsp3) is 0.296. The Kier molecular flexibility index (Phi) is 7.41. The van der Waals surface area contributed by atoms with E-state index < -0.39 is 12.6 Å². The van der Waals surface area contributed by atoms with Gasteiger partial charge in [-0.1, -0.05) is 66.7 Å². The van der Waals surface area contributed by atoms with E-state index in [9.17, 15) is 9.90 Å². The number of hydrogen-bond acceptors (Lipinski definition) is 5. The summed E-state index contributed by atoms with van der Waals surface area (Å²) in [5.41, 5.74) is 4.76. The van der Waals surface area contributed by atoms with Gasteiger partial charge in [0, 0.05) is 36.9 Å². The number of aliphatic carboxylic acids is 1. The Bertz CT molecular complexity index is 967. The van der Waals surface area contributed by atoms with Crippen LogP contribution < -0.4 is 14.7 Å². The molecule has 0 saturated heterocycles. The van der Waals surface area contributed by atoms with Crippen molar-refractivity contribution >= 4 is 11.7 Å². The number of hydrogen-bond donors (Lipinski definition) is 0. The number of rotatable bonds is 11. The number of fused-ring (bicyclic) bond motifs is 1. The second kappa shape index (κ2) is 10.8. The van der Waals surface area contributed by atoms with E-state index in [0.29, 0.717) is 24.9 Å². The Labute approximate surface area is 189 Å². The van der Waals surface area contributed by atoms with Crippen molar-refractivity contribution in [3.05, 3.63) is 95.6 Å². The van der Waals surface area contributed by atoms with Gasteiger partial charge in [-0.05, 0) is 36.1 Å². The predicted molar refractivity (Wildman–Crippen MR) is 123 cm³/mol. The smallest absolute Gasteiger partial charge is 0.128 e. The quantitative estimate of drug-likeness (QED) is 0.436. The molecule has 3 aromatic carbocycles. The van der Waals surface area contributed by atoms with Crippen molar-refractivity contribution in [2.75, 3.05) is 37.8 Å². The summed E-state index contributed by atoms with van der Waals surface area (Å²) in [7, 11) is 0. The average molecular weight is 431 g/mol. The third kappa shape index (κ3) is 5.48. The number of anilines is 1. The van der Waals surface area contributed by atoms with Crippen LogP contribution >= 0.6 is 0 Å². The van der Waals surface area contributed by atoms with Gasteiger partial charge in [-0.3, -0.25) is 0 Å². The van der Waals surface area contributed by atoms with Gasteiger partial charge >= 0.3 is 0 Å². The molecule has 166 valence electrons. The lowest BCUT2D eigenvalue weighted by Gasteiger charge is -2.21. The minimum atomic E-state index is -1.21. The fourth-order valence-corrected chi connectivity index (χ4v) is 4.35. The maximum Gasteiger partial charge on any atom is 0.128 e. The maximum absolute atomic E-state index is 10.7. The summed E-state index contributed by atoms with van der Waals surface area (Å²) in [6, 6.07) is 26.9. The molecule has 0 aliphatic carbocycles. The van der Waals surface area contributed by atoms with Crippen molar-refractivity contribution in [3.63, 3.8) is 0 Å². The van der Waals surface area contributed by atoms with Gasteiger partial charge in [0.05, 0.1) is 12.6 Å². The summed E-state index contributed by atoms with van der Waals surface area (Å²) in [4.78, 5) is 13.0. The van der Waals surface area contributed by atoms with Gasteiger partial charge in [0.1, 0.15) is 12.4 Å². The van der Waals surface area contributed by atoms with Gasteiger partial charge in [-0.25, -0.2) is 0 Å². The number of carboxylic acid groups (broad SMARTS) is 1. The highest BCUT2D eigenvalue weighted by Gasteiger charge is 2.22. The summed E-state index contributed by atoms with van der Waals surface area (Å²) in [6.45, 7) is 2.56. The minimum absolute atomic E-state index is 0.313. The highest BCUT2D eigenvalue weighted by Crippen LogP contribution is 2.35. The second-order valence-electron chi connectivity index (χ2n) is 7.93. The largest absolute Gasteiger partial charge is 0.546 e. The highest BCUT2D eigenvalue weighted by molar-refractivity contribution is 5.67. The normalized spacial score (nSPS) is 12.7. The van der Waals surface area contributed by atoms with Crippen LogP contribution in [0.4, 0.5) is 5.69 Å². The van der Waals surface area contributed by atoms with Crippen molar-refractivity contribution < 1.29 is 19.4 Å². The van der Waals surface area contributed by atoms with Crippen LogP contribution in [0.3, 0.4) is 0 Å². The van der Waals surface area contributed by atoms with Gasteiger partial charge < -0.3 is 24.3 Å². The zero-order valence-corrected chi connectivity index (χ0v) is 18.1. The summed E-state index contributed by atoms with van der Waals surface area (Å²) < 4.78 is 11.4. The van der Waals surface area contributed by atoms with E-state index >= 15 is 0 Å². The van der Waals surface area contributed by atoms with E-state index in [1.807, 2.05) is 24.3 Å². The van der Waals surface area contributed by atoms with E-state index in [0.717, 1.165) is 37.2 Å². The molecule has 0 aromatic heterocycles. The molecule has 0 bridgehead atoms. The first-order valence-corrected chi connectivity index (χ1v) is 11.1. The molecule has 0 spiro atoms. The third-order valence-electron chi connectivity index (χ3n) is 5.89. The molecule has 1 heterocycles. The fourth-order valence-electron chi connectivity index (χ4n) is 4.35. The van der Waals surface area contributed by atoms with E-state index in [4.69, 9.17) is 9.47 Å². The Morgan fingerprint density at radius 1 is 0.906 bits per heavy atom. The van der Waals surface area contributed by atoms with E-state index in [2.05, 4.69) is 59.5 Å². The van der Waals surface area contributed by atoms with Crippen molar-refractivity contribution in [1.29, 1.82) is 0 Å². The van der Waals surface area contributed by atoms with Crippen molar-refractivity contribution in [2.24, 2.45) is 0 Å². The van der Waals surface area contributed by atoms with Crippen molar-refractivity contribution in [2.45, 2.75) is 18.8 Å². The first-order chi connectivity index (χ1) is 15.7. The Morgan fingerprint density at radius 3 is 2.25 bits per heavy atom. The van der Waals surface area contributed by atoms with Gasteiger partial charge in [-0.2, -0.15) is 0 Å². The topological polar surface area (TPSA) is 61.8 Å². The van der Waals surface area contributed by atoms with Crippen LogP contribution in [-0.4, -0.2) is 38.9 Å². The van der Waals surface area contributed by atoms with Gasteiger partial charge in [0.15, 0.2) is 0 Å². The Hall–Kier alpha value is -3.31. The molecule has 0 atom stereocenters. The standard InChI is InChI=1S/C27H29NO4/c29-27(30)20-32-26-13-7-12-25-24(26)14-16-28(25)17-19-31-18-15-23(21-8-3-1-4-9-21)22-10-5-2-6-11-22/h1-13,23H,14-20H2,(H,29,30)/p-1. The predicted octanol–water partition coefficient (Wildman–Crippen LogP) is 3.42. The number of benzene rings is 3. The van der Waals surface area contributed by atoms with Crippen LogP contribution in [0.25, 0.3) is 0 Å². The monoisotopic (exact) mass is 430 g/mol. The maximum atomic E-state index is 10.7. The van der Waals surface area contributed by atoms with E-state index in [-0.39, 0.29) is 0 Å². The third-order valence-corrected chi connectivity index (χ3v) is 5.89. The van der Waals surface area contributed by atoms with Crippen LogP contribution in [0.5, 0.6) is 5.75 Å². The molecule has 0 amide bonds. The van der Waals surface area contributed by atoms with Crippen molar-refractivity contribution in [1.82, 2.24) is 0 Å². The Morgan fingerprint density at radius 2 is 1.59 bits per heavy atom. The summed E-state index contributed by atoms with van der Waals surface area (Å²) in [5, 5.41) is 10.7. The summed E-state index contributed by atoms with van der Waals surface area (Å²) >= 11 is 0. The Balaban J connectivity index is 1.30. The average Bonchev–Trinajstić information content (AvgIpc) is 3.25. The van der Waals surface area contributed by atoms with Crippen LogP contribution in [0.15, 0.2) is 78.9 Å². The number of carbonyl (C=O) groups excluding carboxylic acids is 1. The van der Waals surface area contributed by atoms with E-state index in [1.165, 1.54) is 11.1 Å². The summed E-state index contributed by atoms with van der Waals surface area (Å²) in [5.74, 6) is -0.271. The second-order valence-corrected chi connectivity index (χ2v) is 7.93. The first-order valence-electron chi connectivity index (χ1n) is 11.1. The molecule has 1 aliphatic heterocycles. The van der Waals surface area contributed by atoms with Gasteiger partial charge in [-0.15, -0.1) is 0 Å².